The number of benzene rings is 3. The van der Waals surface area contributed by atoms with Crippen LogP contribution in [0.25, 0.3) is 27.3 Å². The zero-order chi connectivity index (χ0) is 32.5. The van der Waals surface area contributed by atoms with Crippen LogP contribution in [0.4, 0.5) is 0 Å². The van der Waals surface area contributed by atoms with E-state index in [1.807, 2.05) is 17.5 Å². The van der Waals surface area contributed by atoms with Gasteiger partial charge in [-0.05, 0) is 73.8 Å². The van der Waals surface area contributed by atoms with Gasteiger partial charge in [0, 0.05) is 40.9 Å². The highest BCUT2D eigenvalue weighted by Crippen LogP contribution is 2.42. The van der Waals surface area contributed by atoms with Crippen molar-refractivity contribution in [1.82, 2.24) is 24.1 Å². The second kappa shape index (κ2) is 12.7. The maximum atomic E-state index is 9.27. The summed E-state index contributed by atoms with van der Waals surface area (Å²) < 4.78 is 4.36. The highest BCUT2D eigenvalue weighted by atomic mass is 32.1. The molecule has 6 nitrogen and oxygen atoms in total. The second-order valence-electron chi connectivity index (χ2n) is 12.6. The largest absolute Gasteiger partial charge is 0.298 e. The Hall–Kier alpha value is -5.29. The number of imidazole rings is 1. The fourth-order valence-corrected chi connectivity index (χ4v) is 8.27. The number of fused-ring (bicyclic) bond motifs is 1. The Balaban J connectivity index is 1.19. The fourth-order valence-electron chi connectivity index (χ4n) is 7.21. The molecule has 1 aliphatic heterocycles. The molecule has 0 amide bonds. The van der Waals surface area contributed by atoms with Crippen molar-refractivity contribution in [3.8, 4) is 27.8 Å². The second-order valence-corrected chi connectivity index (χ2v) is 13.8. The Morgan fingerprint density at radius 3 is 2.02 bits per heavy atom. The number of nitriles is 1. The van der Waals surface area contributed by atoms with Gasteiger partial charge in [-0.2, -0.15) is 10.4 Å². The number of aromatic nitrogens is 4. The zero-order valence-electron chi connectivity index (χ0n) is 26.9. The van der Waals surface area contributed by atoms with Crippen LogP contribution >= 0.6 is 11.3 Å². The van der Waals surface area contributed by atoms with Gasteiger partial charge in [0.2, 0.25) is 0 Å². The fraction of sp³-hybridized carbons (Fsp3) is 0.195. The van der Waals surface area contributed by atoms with Gasteiger partial charge in [0.15, 0.2) is 0 Å². The normalized spacial score (nSPS) is 14.3. The standard InChI is InChI=1S/C41H36N6S/c1-30-37(29-47(44-30)41(33-11-5-2-6-12-33,34-13-7-3-8-14-34)35-15-9-4-10-16-35)32-17-20-40-43-26-38(46(40)27-32)39-19-18-36(48-39)28-45-23-21-31(25-42)22-24-45/h2-20,26-27,29,31H,21-24,28H2,1H3. The molecule has 7 heteroatoms. The summed E-state index contributed by atoms with van der Waals surface area (Å²) in [5.74, 6) is 0.203. The third kappa shape index (κ3) is 5.33. The van der Waals surface area contributed by atoms with Crippen molar-refractivity contribution in [3.05, 3.63) is 161 Å². The monoisotopic (exact) mass is 644 g/mol. The lowest BCUT2D eigenvalue weighted by molar-refractivity contribution is 0.199. The van der Waals surface area contributed by atoms with Crippen molar-refractivity contribution in [2.75, 3.05) is 13.1 Å². The number of nitrogens with zero attached hydrogens (tertiary/aromatic N) is 6. The van der Waals surface area contributed by atoms with Crippen LogP contribution < -0.4 is 0 Å². The third-order valence-electron chi connectivity index (χ3n) is 9.70. The van der Waals surface area contributed by atoms with Crippen LogP contribution in [0.2, 0.25) is 0 Å². The highest BCUT2D eigenvalue weighted by molar-refractivity contribution is 7.15. The maximum Gasteiger partial charge on any atom is 0.138 e. The molecular formula is C41H36N6S. The van der Waals surface area contributed by atoms with Gasteiger partial charge in [-0.1, -0.05) is 91.0 Å². The third-order valence-corrected chi connectivity index (χ3v) is 10.8. The van der Waals surface area contributed by atoms with Crippen LogP contribution in [0, 0.1) is 24.2 Å². The maximum absolute atomic E-state index is 9.27. The first-order valence-electron chi connectivity index (χ1n) is 16.6. The Morgan fingerprint density at radius 2 is 1.42 bits per heavy atom. The van der Waals surface area contributed by atoms with Gasteiger partial charge in [-0.3, -0.25) is 14.0 Å². The molecule has 1 saturated heterocycles. The number of thiophene rings is 1. The van der Waals surface area contributed by atoms with Crippen LogP contribution in [0.5, 0.6) is 0 Å². The number of hydrogen-bond donors (Lipinski definition) is 0. The summed E-state index contributed by atoms with van der Waals surface area (Å²) in [4.78, 5) is 9.77. The summed E-state index contributed by atoms with van der Waals surface area (Å²) in [5.41, 5.74) is 7.89. The van der Waals surface area contributed by atoms with E-state index in [2.05, 4.69) is 155 Å². The molecule has 0 unspecified atom stereocenters. The quantitative estimate of drug-likeness (QED) is 0.155. The topological polar surface area (TPSA) is 62.2 Å². The van der Waals surface area contributed by atoms with Crippen molar-refractivity contribution in [3.63, 3.8) is 0 Å². The molecule has 236 valence electrons. The van der Waals surface area contributed by atoms with Gasteiger partial charge in [-0.25, -0.2) is 4.98 Å². The molecule has 0 bridgehead atoms. The van der Waals surface area contributed by atoms with E-state index in [4.69, 9.17) is 10.1 Å². The lowest BCUT2D eigenvalue weighted by atomic mass is 9.77. The molecule has 3 aromatic carbocycles. The molecule has 1 fully saturated rings. The van der Waals surface area contributed by atoms with Crippen LogP contribution in [-0.4, -0.2) is 37.2 Å². The van der Waals surface area contributed by atoms with Gasteiger partial charge >= 0.3 is 0 Å². The average molecular weight is 645 g/mol. The smallest absolute Gasteiger partial charge is 0.138 e. The average Bonchev–Trinajstić information content (AvgIpc) is 3.89. The first-order valence-corrected chi connectivity index (χ1v) is 17.4. The molecule has 7 aromatic rings. The van der Waals surface area contributed by atoms with Crippen LogP contribution in [-0.2, 0) is 12.1 Å². The summed E-state index contributed by atoms with van der Waals surface area (Å²) >= 11 is 1.83. The van der Waals surface area contributed by atoms with E-state index in [1.54, 1.807) is 0 Å². The summed E-state index contributed by atoms with van der Waals surface area (Å²) in [7, 11) is 0. The SMILES string of the molecule is Cc1nn(C(c2ccccc2)(c2ccccc2)c2ccccc2)cc1-c1ccc2ncc(-c3ccc(CN4CCC(C#N)CC4)s3)n2c1. The predicted octanol–water partition coefficient (Wildman–Crippen LogP) is 8.81. The van der Waals surface area contributed by atoms with Gasteiger partial charge in [0.1, 0.15) is 11.2 Å². The van der Waals surface area contributed by atoms with Gasteiger partial charge in [0.25, 0.3) is 0 Å². The lowest BCUT2D eigenvalue weighted by Crippen LogP contribution is -2.38. The Kier molecular flexibility index (Phi) is 7.97. The van der Waals surface area contributed by atoms with Crippen LogP contribution in [0.15, 0.2) is 134 Å². The zero-order valence-corrected chi connectivity index (χ0v) is 27.7. The van der Waals surface area contributed by atoms with Crippen molar-refractivity contribution >= 4 is 17.0 Å². The first-order chi connectivity index (χ1) is 23.6. The summed E-state index contributed by atoms with van der Waals surface area (Å²) in [6.45, 7) is 4.99. The van der Waals surface area contributed by atoms with Gasteiger partial charge in [0.05, 0.1) is 28.5 Å². The van der Waals surface area contributed by atoms with Gasteiger partial charge < -0.3 is 0 Å². The lowest BCUT2D eigenvalue weighted by Gasteiger charge is -2.36. The van der Waals surface area contributed by atoms with Crippen molar-refractivity contribution in [1.29, 1.82) is 5.26 Å². The Bertz CT molecular complexity index is 2100. The van der Waals surface area contributed by atoms with Crippen molar-refractivity contribution in [2.24, 2.45) is 5.92 Å². The molecule has 8 rings (SSSR count). The number of likely N-dealkylation sites (tertiary alicyclic amines) is 1. The van der Waals surface area contributed by atoms with E-state index in [9.17, 15) is 5.26 Å². The molecule has 0 spiro atoms. The molecular weight excluding hydrogens is 609 g/mol. The van der Waals surface area contributed by atoms with E-state index < -0.39 is 5.54 Å². The number of pyridine rings is 1. The minimum absolute atomic E-state index is 0.203. The Morgan fingerprint density at radius 1 is 0.792 bits per heavy atom. The van der Waals surface area contributed by atoms with Crippen molar-refractivity contribution < 1.29 is 0 Å². The minimum Gasteiger partial charge on any atom is -0.298 e. The van der Waals surface area contributed by atoms with Crippen molar-refractivity contribution in [2.45, 2.75) is 31.8 Å². The predicted molar refractivity (Wildman–Crippen MR) is 193 cm³/mol. The number of hydrogen-bond acceptors (Lipinski definition) is 5. The molecule has 0 N–H and O–H groups in total. The molecule has 1 aliphatic rings. The Labute approximate surface area is 285 Å². The van der Waals surface area contributed by atoms with E-state index in [-0.39, 0.29) is 5.92 Å². The molecule has 0 aliphatic carbocycles. The van der Waals surface area contributed by atoms with E-state index in [0.29, 0.717) is 0 Å². The highest BCUT2D eigenvalue weighted by Gasteiger charge is 2.39. The molecule has 0 atom stereocenters. The van der Waals surface area contributed by atoms with E-state index in [0.717, 1.165) is 77.3 Å². The minimum atomic E-state index is -0.672. The number of rotatable bonds is 8. The number of aryl methyl sites for hydroxylation is 1. The van der Waals surface area contributed by atoms with E-state index in [1.165, 1.54) is 9.75 Å². The van der Waals surface area contributed by atoms with E-state index >= 15 is 0 Å². The molecule has 0 radical (unpaired) electrons. The molecule has 5 heterocycles. The first kappa shape index (κ1) is 30.1. The molecule has 0 saturated carbocycles. The summed E-state index contributed by atoms with van der Waals surface area (Å²) in [6, 6.07) is 43.2. The molecule has 48 heavy (non-hydrogen) atoms. The summed E-state index contributed by atoms with van der Waals surface area (Å²) in [5, 5.41) is 14.5. The van der Waals surface area contributed by atoms with Gasteiger partial charge in [-0.15, -0.1) is 11.3 Å². The van der Waals surface area contributed by atoms with Crippen LogP contribution in [0.1, 0.15) is 40.1 Å². The van der Waals surface area contributed by atoms with Crippen LogP contribution in [0.3, 0.4) is 0 Å². The molecule has 4 aromatic heterocycles. The summed E-state index contributed by atoms with van der Waals surface area (Å²) in [6.07, 6.45) is 8.31. The number of piperidine rings is 1.